The van der Waals surface area contributed by atoms with Gasteiger partial charge in [0.15, 0.2) is 5.82 Å². The first-order chi connectivity index (χ1) is 9.72. The molecule has 0 bridgehead atoms. The Bertz CT molecular complexity index is 661. The first kappa shape index (κ1) is 12.4. The molecule has 0 saturated heterocycles. The van der Waals surface area contributed by atoms with Crippen molar-refractivity contribution in [3.8, 4) is 22.6 Å². The van der Waals surface area contributed by atoms with Gasteiger partial charge in [-0.1, -0.05) is 0 Å². The molecule has 1 aromatic heterocycles. The highest BCUT2D eigenvalue weighted by Gasteiger charge is 2.05. The van der Waals surface area contributed by atoms with Crippen molar-refractivity contribution in [2.45, 2.75) is 0 Å². The lowest BCUT2D eigenvalue weighted by Crippen LogP contribution is -1.91. The Morgan fingerprint density at radius 2 is 1.20 bits per heavy atom. The van der Waals surface area contributed by atoms with Gasteiger partial charge in [0.2, 0.25) is 0 Å². The second-order valence-electron chi connectivity index (χ2n) is 4.28. The third-order valence-corrected chi connectivity index (χ3v) is 2.90. The molecule has 20 heavy (non-hydrogen) atoms. The third kappa shape index (κ3) is 2.54. The van der Waals surface area contributed by atoms with Crippen LogP contribution in [-0.4, -0.2) is 9.97 Å². The average molecular weight is 268 g/mol. The molecule has 4 heteroatoms. The zero-order chi connectivity index (χ0) is 13.9. The van der Waals surface area contributed by atoms with E-state index in [2.05, 4.69) is 9.97 Å². The molecule has 0 saturated carbocycles. The van der Waals surface area contributed by atoms with E-state index < -0.39 is 0 Å². The van der Waals surface area contributed by atoms with Crippen molar-refractivity contribution in [2.24, 2.45) is 0 Å². The number of rotatable bonds is 2. The summed E-state index contributed by atoms with van der Waals surface area (Å²) in [7, 11) is 0. The number of nitrogens with zero attached hydrogens (tertiary/aromatic N) is 2. The van der Waals surface area contributed by atoms with Gasteiger partial charge in [-0.2, -0.15) is 0 Å². The van der Waals surface area contributed by atoms with Crippen LogP contribution in [0.5, 0.6) is 0 Å². The molecule has 0 aliphatic rings. The Balaban J connectivity index is 2.01. The lowest BCUT2D eigenvalue weighted by Gasteiger charge is -2.04. The molecule has 0 atom stereocenters. The van der Waals surface area contributed by atoms with Crippen LogP contribution in [0.15, 0.2) is 60.8 Å². The first-order valence-electron chi connectivity index (χ1n) is 6.07. The van der Waals surface area contributed by atoms with Crippen LogP contribution < -0.4 is 0 Å². The molecular formula is C16H10F2N2. The number of hydrogen-bond donors (Lipinski definition) is 0. The lowest BCUT2D eigenvalue weighted by molar-refractivity contribution is 0.627. The molecular weight excluding hydrogens is 258 g/mol. The van der Waals surface area contributed by atoms with Crippen LogP contribution in [0.2, 0.25) is 0 Å². The minimum Gasteiger partial charge on any atom is -0.237 e. The summed E-state index contributed by atoms with van der Waals surface area (Å²) in [5.74, 6) is -0.0863. The summed E-state index contributed by atoms with van der Waals surface area (Å²) in [4.78, 5) is 8.59. The maximum absolute atomic E-state index is 12.9. The van der Waals surface area contributed by atoms with Crippen LogP contribution in [0.4, 0.5) is 8.78 Å². The number of benzene rings is 2. The van der Waals surface area contributed by atoms with E-state index in [0.717, 1.165) is 11.1 Å². The summed E-state index contributed by atoms with van der Waals surface area (Å²) in [6, 6.07) is 13.8. The van der Waals surface area contributed by atoms with E-state index >= 15 is 0 Å². The largest absolute Gasteiger partial charge is 0.237 e. The van der Waals surface area contributed by atoms with Crippen molar-refractivity contribution < 1.29 is 8.78 Å². The molecule has 0 spiro atoms. The minimum absolute atomic E-state index is 0.290. The van der Waals surface area contributed by atoms with Crippen LogP contribution >= 0.6 is 0 Å². The molecule has 3 aromatic rings. The minimum atomic E-state index is -0.302. The SMILES string of the molecule is Fc1ccc(-c2ccnc(-c3ccc(F)cc3)n2)cc1. The molecule has 0 aliphatic heterocycles. The van der Waals surface area contributed by atoms with Crippen LogP contribution in [0, 0.1) is 11.6 Å². The number of hydrogen-bond acceptors (Lipinski definition) is 2. The van der Waals surface area contributed by atoms with Gasteiger partial charge in [-0.15, -0.1) is 0 Å². The van der Waals surface area contributed by atoms with Crippen LogP contribution in [-0.2, 0) is 0 Å². The Labute approximate surface area is 114 Å². The van der Waals surface area contributed by atoms with Gasteiger partial charge in [-0.3, -0.25) is 0 Å². The molecule has 98 valence electrons. The Kier molecular flexibility index (Phi) is 3.21. The fourth-order valence-electron chi connectivity index (χ4n) is 1.88. The Hall–Kier alpha value is -2.62. The molecule has 3 rings (SSSR count). The molecule has 0 amide bonds. The normalized spacial score (nSPS) is 10.5. The van der Waals surface area contributed by atoms with Gasteiger partial charge in [0.25, 0.3) is 0 Å². The van der Waals surface area contributed by atoms with Crippen LogP contribution in [0.25, 0.3) is 22.6 Å². The van der Waals surface area contributed by atoms with E-state index in [4.69, 9.17) is 0 Å². The predicted molar refractivity (Wildman–Crippen MR) is 72.8 cm³/mol. The van der Waals surface area contributed by atoms with Crippen molar-refractivity contribution >= 4 is 0 Å². The quantitative estimate of drug-likeness (QED) is 0.699. The van der Waals surface area contributed by atoms with Gasteiger partial charge >= 0.3 is 0 Å². The van der Waals surface area contributed by atoms with Gasteiger partial charge in [-0.05, 0) is 54.6 Å². The van der Waals surface area contributed by atoms with E-state index in [0.29, 0.717) is 11.5 Å². The molecule has 0 N–H and O–H groups in total. The van der Waals surface area contributed by atoms with Crippen LogP contribution in [0.1, 0.15) is 0 Å². The van der Waals surface area contributed by atoms with Crippen molar-refractivity contribution in [1.29, 1.82) is 0 Å². The standard InChI is InChI=1S/C16H10F2N2/c17-13-5-1-11(2-6-13)15-9-10-19-16(20-15)12-3-7-14(18)8-4-12/h1-10H. The third-order valence-electron chi connectivity index (χ3n) is 2.90. The summed E-state index contributed by atoms with van der Waals surface area (Å²) in [5.41, 5.74) is 2.23. The predicted octanol–water partition coefficient (Wildman–Crippen LogP) is 4.09. The Morgan fingerprint density at radius 1 is 0.650 bits per heavy atom. The van der Waals surface area contributed by atoms with E-state index in [1.54, 1.807) is 36.5 Å². The molecule has 2 aromatic carbocycles. The van der Waals surface area contributed by atoms with Crippen molar-refractivity contribution in [1.82, 2.24) is 9.97 Å². The summed E-state index contributed by atoms with van der Waals surface area (Å²) in [5, 5.41) is 0. The van der Waals surface area contributed by atoms with Crippen molar-refractivity contribution in [2.75, 3.05) is 0 Å². The van der Waals surface area contributed by atoms with Crippen molar-refractivity contribution in [3.05, 3.63) is 72.4 Å². The average Bonchev–Trinajstić information content (AvgIpc) is 2.49. The first-order valence-corrected chi connectivity index (χ1v) is 6.07. The second kappa shape index (κ2) is 5.17. The smallest absolute Gasteiger partial charge is 0.159 e. The van der Waals surface area contributed by atoms with E-state index in [9.17, 15) is 8.78 Å². The maximum atomic E-state index is 12.9. The van der Waals surface area contributed by atoms with Crippen LogP contribution in [0.3, 0.4) is 0 Å². The van der Waals surface area contributed by atoms with E-state index in [-0.39, 0.29) is 11.6 Å². The molecule has 0 unspecified atom stereocenters. The maximum Gasteiger partial charge on any atom is 0.159 e. The van der Waals surface area contributed by atoms with Gasteiger partial charge in [-0.25, -0.2) is 18.7 Å². The fourth-order valence-corrected chi connectivity index (χ4v) is 1.88. The zero-order valence-electron chi connectivity index (χ0n) is 10.4. The van der Waals surface area contributed by atoms with Crippen molar-refractivity contribution in [3.63, 3.8) is 0 Å². The van der Waals surface area contributed by atoms with Gasteiger partial charge in [0, 0.05) is 17.3 Å². The zero-order valence-corrected chi connectivity index (χ0v) is 10.4. The Morgan fingerprint density at radius 3 is 1.80 bits per heavy atom. The molecule has 0 fully saturated rings. The highest BCUT2D eigenvalue weighted by Crippen LogP contribution is 2.21. The highest BCUT2D eigenvalue weighted by atomic mass is 19.1. The molecule has 1 heterocycles. The van der Waals surface area contributed by atoms with Gasteiger partial charge < -0.3 is 0 Å². The fraction of sp³-hybridized carbons (Fsp3) is 0. The summed E-state index contributed by atoms with van der Waals surface area (Å²) in [6.45, 7) is 0. The lowest BCUT2D eigenvalue weighted by atomic mass is 10.1. The summed E-state index contributed by atoms with van der Waals surface area (Å²) >= 11 is 0. The van der Waals surface area contributed by atoms with E-state index in [1.807, 2.05) is 0 Å². The number of halogens is 2. The second-order valence-corrected chi connectivity index (χ2v) is 4.28. The molecule has 0 radical (unpaired) electrons. The number of aromatic nitrogens is 2. The van der Waals surface area contributed by atoms with Gasteiger partial charge in [0.1, 0.15) is 11.6 Å². The van der Waals surface area contributed by atoms with Gasteiger partial charge in [0.05, 0.1) is 5.69 Å². The van der Waals surface area contributed by atoms with E-state index in [1.165, 1.54) is 24.3 Å². The summed E-state index contributed by atoms with van der Waals surface area (Å²) < 4.78 is 25.8. The monoisotopic (exact) mass is 268 g/mol. The molecule has 0 aliphatic carbocycles. The highest BCUT2D eigenvalue weighted by molar-refractivity contribution is 5.63. The molecule has 2 nitrogen and oxygen atoms in total. The summed E-state index contributed by atoms with van der Waals surface area (Å²) in [6.07, 6.45) is 1.63. The topological polar surface area (TPSA) is 25.8 Å².